The van der Waals surface area contributed by atoms with Crippen LogP contribution < -0.4 is 0 Å². The first-order valence-electron chi connectivity index (χ1n) is 12.4. The second-order valence-electron chi connectivity index (χ2n) is 9.11. The van der Waals surface area contributed by atoms with Crippen LogP contribution in [0.2, 0.25) is 0 Å². The minimum absolute atomic E-state index is 0.391. The first-order chi connectivity index (χ1) is 19.1. The normalized spacial score (nSPS) is 11.8. The van der Waals surface area contributed by atoms with E-state index in [1.807, 2.05) is 125 Å². The van der Waals surface area contributed by atoms with Crippen LogP contribution in [0.4, 0.5) is 4.39 Å². The van der Waals surface area contributed by atoms with E-state index in [0.29, 0.717) is 16.6 Å². The van der Waals surface area contributed by atoms with Gasteiger partial charge in [-0.05, 0) is 46.4 Å². The maximum atomic E-state index is 15.3. The molecule has 6 rings (SSSR count). The second kappa shape index (κ2) is 10.2. The van der Waals surface area contributed by atoms with Crippen LogP contribution >= 0.6 is 11.3 Å². The lowest BCUT2D eigenvalue weighted by molar-refractivity contribution is 0.0692. The number of rotatable bonds is 7. The molecule has 2 heterocycles. The van der Waals surface area contributed by atoms with Crippen molar-refractivity contribution in [2.24, 2.45) is 0 Å². The highest BCUT2D eigenvalue weighted by Crippen LogP contribution is 2.43. The third-order valence-electron chi connectivity index (χ3n) is 6.87. The van der Waals surface area contributed by atoms with Gasteiger partial charge in [-0.2, -0.15) is 5.10 Å². The molecular weight excluding hydrogens is 507 g/mol. The fourth-order valence-electron chi connectivity index (χ4n) is 5.15. The summed E-state index contributed by atoms with van der Waals surface area (Å²) in [5.41, 5.74) is 2.47. The summed E-state index contributed by atoms with van der Waals surface area (Å²) in [4.78, 5) is 12.9. The Labute approximate surface area is 228 Å². The Morgan fingerprint density at radius 3 is 1.85 bits per heavy atom. The second-order valence-corrected chi connectivity index (χ2v) is 10.1. The van der Waals surface area contributed by atoms with Crippen LogP contribution in [0.3, 0.4) is 0 Å². The fraction of sp³-hybridized carbons (Fsp3) is 0.0303. The first-order valence-corrected chi connectivity index (χ1v) is 13.3. The highest BCUT2D eigenvalue weighted by Gasteiger charge is 2.41. The molecular formula is C33H23FN2O2S. The standard InChI is InChI=1S/C33H23FN2O2S/c34-29-22-31-28(21-27(29)32(37)38)30(19-18-26-17-10-20-39-26)35-36(31)33(23-11-4-1-5-12-23,24-13-6-2-7-14-24)25-15-8-3-9-16-25/h1-22H,(H,37,38). The monoisotopic (exact) mass is 530 g/mol. The molecule has 190 valence electrons. The Bertz CT molecular complexity index is 1680. The summed E-state index contributed by atoms with van der Waals surface area (Å²) >= 11 is 1.59. The smallest absolute Gasteiger partial charge is 0.338 e. The number of aromatic carboxylic acids is 1. The van der Waals surface area contributed by atoms with Crippen molar-refractivity contribution in [1.29, 1.82) is 0 Å². The van der Waals surface area contributed by atoms with Crippen LogP contribution in [0.15, 0.2) is 121 Å². The first kappa shape index (κ1) is 24.5. The van der Waals surface area contributed by atoms with Crippen molar-refractivity contribution >= 4 is 40.4 Å². The van der Waals surface area contributed by atoms with Crippen molar-refractivity contribution in [2.75, 3.05) is 0 Å². The summed E-state index contributed by atoms with van der Waals surface area (Å²) in [5.74, 6) is -2.14. The average Bonchev–Trinajstić information content (AvgIpc) is 3.62. The third kappa shape index (κ3) is 4.25. The third-order valence-corrected chi connectivity index (χ3v) is 7.71. The van der Waals surface area contributed by atoms with E-state index in [0.717, 1.165) is 21.6 Å². The molecule has 2 aromatic heterocycles. The number of fused-ring (bicyclic) bond motifs is 1. The van der Waals surface area contributed by atoms with Gasteiger partial charge in [-0.3, -0.25) is 0 Å². The molecule has 4 aromatic carbocycles. The van der Waals surface area contributed by atoms with E-state index in [-0.39, 0.29) is 0 Å². The molecule has 4 nitrogen and oxygen atoms in total. The van der Waals surface area contributed by atoms with Crippen molar-refractivity contribution in [3.63, 3.8) is 0 Å². The predicted molar refractivity (Wildman–Crippen MR) is 155 cm³/mol. The van der Waals surface area contributed by atoms with E-state index < -0.39 is 22.9 Å². The quantitative estimate of drug-likeness (QED) is 0.213. The lowest BCUT2D eigenvalue weighted by atomic mass is 9.77. The lowest BCUT2D eigenvalue weighted by Crippen LogP contribution is -2.38. The zero-order chi connectivity index (χ0) is 26.8. The minimum atomic E-state index is -1.32. The molecule has 0 amide bonds. The largest absolute Gasteiger partial charge is 0.478 e. The number of halogens is 1. The molecule has 0 saturated heterocycles. The molecule has 39 heavy (non-hydrogen) atoms. The van der Waals surface area contributed by atoms with E-state index in [1.54, 1.807) is 11.3 Å². The number of hydrogen-bond donors (Lipinski definition) is 1. The van der Waals surface area contributed by atoms with Gasteiger partial charge in [0, 0.05) is 16.3 Å². The van der Waals surface area contributed by atoms with Gasteiger partial charge in [0.15, 0.2) is 0 Å². The molecule has 6 aromatic rings. The van der Waals surface area contributed by atoms with E-state index in [4.69, 9.17) is 5.10 Å². The van der Waals surface area contributed by atoms with Gasteiger partial charge in [0.2, 0.25) is 0 Å². The van der Waals surface area contributed by atoms with Crippen molar-refractivity contribution in [3.05, 3.63) is 159 Å². The highest BCUT2D eigenvalue weighted by atomic mass is 32.1. The lowest BCUT2D eigenvalue weighted by Gasteiger charge is -2.37. The molecule has 0 aliphatic heterocycles. The van der Waals surface area contributed by atoms with Gasteiger partial charge in [-0.1, -0.05) is 97.1 Å². The molecule has 0 bridgehead atoms. The molecule has 1 N–H and O–H groups in total. The molecule has 0 aliphatic rings. The molecule has 0 saturated carbocycles. The Balaban J connectivity index is 1.76. The minimum Gasteiger partial charge on any atom is -0.478 e. The van der Waals surface area contributed by atoms with E-state index in [9.17, 15) is 9.90 Å². The van der Waals surface area contributed by atoms with Crippen molar-refractivity contribution < 1.29 is 14.3 Å². The zero-order valence-electron chi connectivity index (χ0n) is 20.7. The van der Waals surface area contributed by atoms with Gasteiger partial charge < -0.3 is 5.11 Å². The fourth-order valence-corrected chi connectivity index (χ4v) is 5.77. The van der Waals surface area contributed by atoms with E-state index in [2.05, 4.69) is 0 Å². The molecule has 0 unspecified atom stereocenters. The number of carbonyl (C=O) groups is 1. The van der Waals surface area contributed by atoms with Crippen LogP contribution in [0.5, 0.6) is 0 Å². The maximum absolute atomic E-state index is 15.3. The number of aromatic nitrogens is 2. The van der Waals surface area contributed by atoms with Crippen molar-refractivity contribution in [1.82, 2.24) is 9.78 Å². The number of carboxylic acid groups (broad SMARTS) is 1. The van der Waals surface area contributed by atoms with Crippen LogP contribution in [0, 0.1) is 5.82 Å². The summed E-state index contributed by atoms with van der Waals surface area (Å²) in [6.45, 7) is 0. The number of benzene rings is 4. The number of thiophene rings is 1. The SMILES string of the molecule is O=C(O)c1cc2c(C=Cc3cccs3)nn(C(c3ccccc3)(c3ccccc3)c3ccccc3)c2cc1F. The van der Waals surface area contributed by atoms with Crippen molar-refractivity contribution in [3.8, 4) is 0 Å². The van der Waals surface area contributed by atoms with Crippen LogP contribution in [-0.4, -0.2) is 20.9 Å². The van der Waals surface area contributed by atoms with E-state index in [1.165, 1.54) is 12.1 Å². The van der Waals surface area contributed by atoms with Gasteiger partial charge in [-0.15, -0.1) is 11.3 Å². The maximum Gasteiger partial charge on any atom is 0.338 e. The van der Waals surface area contributed by atoms with Gasteiger partial charge in [0.25, 0.3) is 0 Å². The summed E-state index contributed by atoms with van der Waals surface area (Å²) in [7, 11) is 0. The summed E-state index contributed by atoms with van der Waals surface area (Å²) in [5, 5.41) is 17.4. The topological polar surface area (TPSA) is 55.1 Å². The van der Waals surface area contributed by atoms with Gasteiger partial charge in [-0.25, -0.2) is 13.9 Å². The van der Waals surface area contributed by atoms with E-state index >= 15 is 4.39 Å². The number of nitrogens with zero attached hydrogens (tertiary/aromatic N) is 2. The Kier molecular flexibility index (Phi) is 6.39. The molecule has 0 atom stereocenters. The number of hydrogen-bond acceptors (Lipinski definition) is 3. The van der Waals surface area contributed by atoms with Crippen molar-refractivity contribution in [2.45, 2.75) is 5.54 Å². The van der Waals surface area contributed by atoms with Gasteiger partial charge >= 0.3 is 5.97 Å². The zero-order valence-corrected chi connectivity index (χ0v) is 21.6. The molecule has 0 aliphatic carbocycles. The summed E-state index contributed by atoms with van der Waals surface area (Å²) < 4.78 is 17.2. The predicted octanol–water partition coefficient (Wildman–Crippen LogP) is 7.95. The van der Waals surface area contributed by atoms with Crippen LogP contribution in [0.1, 0.15) is 37.6 Å². The van der Waals surface area contributed by atoms with Gasteiger partial charge in [0.05, 0.1) is 16.8 Å². The van der Waals surface area contributed by atoms with Gasteiger partial charge in [0.1, 0.15) is 11.4 Å². The molecule has 0 fully saturated rings. The molecule has 0 spiro atoms. The Hall–Kier alpha value is -4.81. The Morgan fingerprint density at radius 2 is 1.36 bits per heavy atom. The highest BCUT2D eigenvalue weighted by molar-refractivity contribution is 7.10. The number of carboxylic acids is 1. The van der Waals surface area contributed by atoms with Crippen LogP contribution in [-0.2, 0) is 5.54 Å². The molecule has 6 heteroatoms. The summed E-state index contributed by atoms with van der Waals surface area (Å²) in [6.07, 6.45) is 3.80. The Morgan fingerprint density at radius 1 is 0.795 bits per heavy atom. The van der Waals surface area contributed by atoms with Crippen LogP contribution in [0.25, 0.3) is 23.1 Å². The molecule has 0 radical (unpaired) electrons. The average molecular weight is 531 g/mol. The summed E-state index contributed by atoms with van der Waals surface area (Å²) in [6, 6.07) is 36.6.